The van der Waals surface area contributed by atoms with Crippen molar-refractivity contribution in [1.29, 1.82) is 0 Å². The van der Waals surface area contributed by atoms with Gasteiger partial charge in [-0.2, -0.15) is 0 Å². The molecule has 0 amide bonds. The molecule has 0 bridgehead atoms. The molecule has 0 aromatic carbocycles. The fourth-order valence-electron chi connectivity index (χ4n) is 0.280. The van der Waals surface area contributed by atoms with Gasteiger partial charge in [0.1, 0.15) is 0 Å². The molecular formula is C4H3O3Re-. The van der Waals surface area contributed by atoms with Crippen molar-refractivity contribution in [1.82, 2.24) is 0 Å². The van der Waals surface area contributed by atoms with Gasteiger partial charge in [-0.1, -0.05) is 0 Å². The average molecular weight is 285 g/mol. The molecule has 0 atom stereocenters. The van der Waals surface area contributed by atoms with Crippen molar-refractivity contribution in [3.8, 4) is 0 Å². The van der Waals surface area contributed by atoms with E-state index in [-0.39, 0.29) is 20.4 Å². The van der Waals surface area contributed by atoms with Gasteiger partial charge in [0.2, 0.25) is 0 Å². The van der Waals surface area contributed by atoms with E-state index in [1.165, 1.54) is 0 Å². The first-order valence-corrected chi connectivity index (χ1v) is 1.77. The zero-order valence-electron chi connectivity index (χ0n) is 4.10. The van der Waals surface area contributed by atoms with Gasteiger partial charge in [0, 0.05) is 26.2 Å². The Hall–Kier alpha value is -0.328. The van der Waals surface area contributed by atoms with Crippen LogP contribution in [0.4, 0.5) is 0 Å². The van der Waals surface area contributed by atoms with Gasteiger partial charge in [-0.3, -0.25) is 0 Å². The monoisotopic (exact) mass is 286 g/mol. The largest absolute Gasteiger partial charge is 0.585 e. The minimum atomic E-state index is -0.697. The Morgan fingerprint density at radius 2 is 2.25 bits per heavy atom. The van der Waals surface area contributed by atoms with Crippen molar-refractivity contribution in [2.24, 2.45) is 0 Å². The normalized spacial score (nSPS) is 8.12. The van der Waals surface area contributed by atoms with Gasteiger partial charge in [0.15, 0.2) is 0 Å². The Labute approximate surface area is 59.3 Å². The summed E-state index contributed by atoms with van der Waals surface area (Å²) in [6, 6.07) is 0. The smallest absolute Gasteiger partial charge is 0.345 e. The predicted octanol–water partition coefficient (Wildman–Crippen LogP) is 0.339. The van der Waals surface area contributed by atoms with Crippen molar-refractivity contribution in [2.75, 3.05) is 0 Å². The second kappa shape index (κ2) is 2.85. The zero-order chi connectivity index (χ0) is 5.28. The first-order chi connectivity index (χ1) is 3.29. The molecule has 0 aliphatic heterocycles. The number of hydrogen-bond donors (Lipinski definition) is 0. The molecule has 0 spiro atoms. The number of aryl methyl sites for hydroxylation is 1. The Morgan fingerprint density at radius 3 is 2.38 bits per heavy atom. The summed E-state index contributed by atoms with van der Waals surface area (Å²) in [5.74, 6) is -0.317. The van der Waals surface area contributed by atoms with E-state index >= 15 is 0 Å². The molecule has 3 nitrogen and oxygen atoms in total. The maximum Gasteiger partial charge on any atom is 0.345 e. The van der Waals surface area contributed by atoms with E-state index in [1.807, 2.05) is 0 Å². The summed E-state index contributed by atoms with van der Waals surface area (Å²) in [5, 5.41) is 0. The van der Waals surface area contributed by atoms with Gasteiger partial charge >= 0.3 is 5.82 Å². The molecule has 1 aromatic heterocycles. The van der Waals surface area contributed by atoms with Crippen molar-refractivity contribution < 1.29 is 29.3 Å². The van der Waals surface area contributed by atoms with Crippen molar-refractivity contribution >= 4 is 0 Å². The summed E-state index contributed by atoms with van der Waals surface area (Å²) >= 11 is 0. The van der Waals surface area contributed by atoms with Gasteiger partial charge in [-0.25, -0.2) is 0 Å². The first kappa shape index (κ1) is 7.67. The molecule has 0 aliphatic carbocycles. The fourth-order valence-corrected chi connectivity index (χ4v) is 0.280. The maximum absolute atomic E-state index is 9.93. The van der Waals surface area contributed by atoms with Gasteiger partial charge in [0.05, 0.1) is 0 Å². The van der Waals surface area contributed by atoms with E-state index in [4.69, 9.17) is 0 Å². The average Bonchev–Trinajstić information content (AvgIpc) is 1.87. The molecule has 0 unspecified atom stereocenters. The molecule has 45 valence electrons. The van der Waals surface area contributed by atoms with Gasteiger partial charge in [-0.05, 0) is 13.2 Å². The third kappa shape index (κ3) is 1.65. The molecule has 0 aliphatic rings. The Balaban J connectivity index is 0.000000490. The minimum Gasteiger partial charge on any atom is -0.585 e. The van der Waals surface area contributed by atoms with Crippen LogP contribution in [0.1, 0.15) is 5.76 Å². The minimum absolute atomic E-state index is 0. The van der Waals surface area contributed by atoms with Crippen LogP contribution in [0.2, 0.25) is 0 Å². The van der Waals surface area contributed by atoms with E-state index in [0.29, 0.717) is 5.76 Å². The van der Waals surface area contributed by atoms with Gasteiger partial charge < -0.3 is 13.6 Å². The van der Waals surface area contributed by atoms with Crippen molar-refractivity contribution in [2.45, 2.75) is 6.92 Å². The van der Waals surface area contributed by atoms with Crippen LogP contribution in [-0.4, -0.2) is 0 Å². The summed E-state index contributed by atoms with van der Waals surface area (Å²) < 4.78 is 8.42. The third-order valence-corrected chi connectivity index (χ3v) is 0.515. The van der Waals surface area contributed by atoms with Gasteiger partial charge in [0.25, 0.3) is 0 Å². The SMILES string of the molecule is Cc1[c-]oc(=O)o1.[Re]. The summed E-state index contributed by atoms with van der Waals surface area (Å²) in [6.45, 7) is 1.59. The van der Waals surface area contributed by atoms with E-state index < -0.39 is 5.82 Å². The Kier molecular flexibility index (Phi) is 2.74. The predicted molar refractivity (Wildman–Crippen MR) is 20.8 cm³/mol. The van der Waals surface area contributed by atoms with Crippen LogP contribution in [0.5, 0.6) is 0 Å². The van der Waals surface area contributed by atoms with Crippen LogP contribution in [0.3, 0.4) is 0 Å². The molecule has 1 radical (unpaired) electrons. The standard InChI is InChI=1S/C4H3O3.Re/c1-3-2-6-4(5)7-3;/h1H3;/q-1;. The van der Waals surface area contributed by atoms with Crippen LogP contribution < -0.4 is 5.82 Å². The second-order valence-electron chi connectivity index (χ2n) is 1.11. The molecule has 0 saturated carbocycles. The van der Waals surface area contributed by atoms with E-state index in [0.717, 1.165) is 0 Å². The number of hydrogen-bond acceptors (Lipinski definition) is 3. The van der Waals surface area contributed by atoms with Crippen molar-refractivity contribution in [3.05, 3.63) is 22.6 Å². The van der Waals surface area contributed by atoms with E-state index in [2.05, 4.69) is 15.1 Å². The van der Waals surface area contributed by atoms with E-state index in [9.17, 15) is 4.79 Å². The molecule has 8 heavy (non-hydrogen) atoms. The second-order valence-corrected chi connectivity index (χ2v) is 1.11. The van der Waals surface area contributed by atoms with Crippen molar-refractivity contribution in [3.63, 3.8) is 0 Å². The van der Waals surface area contributed by atoms with Crippen LogP contribution in [-0.2, 0) is 20.4 Å². The molecule has 0 fully saturated rings. The zero-order valence-corrected chi connectivity index (χ0v) is 6.82. The molecule has 1 heterocycles. The molecule has 1 rings (SSSR count). The van der Waals surface area contributed by atoms with Crippen LogP contribution in [0, 0.1) is 13.2 Å². The topological polar surface area (TPSA) is 43.4 Å². The molecule has 0 N–H and O–H groups in total. The third-order valence-electron chi connectivity index (χ3n) is 0.515. The molecule has 1 aromatic rings. The molecular weight excluding hydrogens is 282 g/mol. The Bertz CT molecular complexity index is 199. The summed E-state index contributed by atoms with van der Waals surface area (Å²) in [4.78, 5) is 9.93. The molecule has 0 saturated heterocycles. The van der Waals surface area contributed by atoms with Gasteiger partial charge in [-0.15, -0.1) is 0 Å². The summed E-state index contributed by atoms with van der Waals surface area (Å²) in [5.41, 5.74) is 0. The Morgan fingerprint density at radius 1 is 1.62 bits per heavy atom. The quantitative estimate of drug-likeness (QED) is 0.646. The molecule has 4 heteroatoms. The fraction of sp³-hybridized carbons (Fsp3) is 0.250. The maximum atomic E-state index is 9.93. The van der Waals surface area contributed by atoms with Crippen LogP contribution in [0.25, 0.3) is 0 Å². The van der Waals surface area contributed by atoms with Crippen LogP contribution >= 0.6 is 0 Å². The first-order valence-electron chi connectivity index (χ1n) is 1.77. The van der Waals surface area contributed by atoms with Crippen LogP contribution in [0.15, 0.2) is 13.6 Å². The van der Waals surface area contributed by atoms with E-state index in [1.54, 1.807) is 6.92 Å². The summed E-state index contributed by atoms with van der Waals surface area (Å²) in [7, 11) is 0. The summed E-state index contributed by atoms with van der Waals surface area (Å²) in [6.07, 6.45) is 2.21. The number of rotatable bonds is 0.